The number of hydrogen-bond donors (Lipinski definition) is 1. The monoisotopic (exact) mass is 484 g/mol. The van der Waals surface area contributed by atoms with E-state index in [9.17, 15) is 17.2 Å². The molecule has 1 aromatic carbocycles. The molecule has 0 aliphatic carbocycles. The molecular weight excluding hydrogens is 457 g/mol. The van der Waals surface area contributed by atoms with E-state index in [0.29, 0.717) is 11.0 Å². The lowest BCUT2D eigenvalue weighted by molar-refractivity contribution is -0.0100. The van der Waals surface area contributed by atoms with Crippen molar-refractivity contribution in [2.24, 2.45) is 0 Å². The van der Waals surface area contributed by atoms with Gasteiger partial charge in [-0.3, -0.25) is 4.72 Å². The number of benzene rings is 1. The molecule has 1 aromatic heterocycles. The fraction of sp³-hybridized carbons (Fsp3) is 0.421. The number of anilines is 2. The first-order chi connectivity index (χ1) is 16.9. The van der Waals surface area contributed by atoms with E-state index in [0.717, 1.165) is 18.2 Å². The number of ether oxygens (including phenoxy) is 1. The number of pyridine rings is 1. The van der Waals surface area contributed by atoms with Crippen molar-refractivity contribution in [2.45, 2.75) is 16.9 Å². The number of sulfonamides is 1. The maximum absolute atomic E-state index is 15.2. The SMILES string of the molecule is [2H]C([2H])([2H])N(CC1(OC)CCN(c2cc(F)c(S(=O)(=O)Nc3cccc(F)n3)c(F)c2Cl)C1)C([2H])([2H])[2H]. The molecule has 170 valence electrons. The molecule has 1 unspecified atom stereocenters. The fourth-order valence-electron chi connectivity index (χ4n) is 3.39. The van der Waals surface area contributed by atoms with Crippen LogP contribution in [0.5, 0.6) is 0 Å². The quantitative estimate of drug-likeness (QED) is 0.481. The van der Waals surface area contributed by atoms with Crippen molar-refractivity contribution in [3.05, 3.63) is 46.9 Å². The zero-order valence-corrected chi connectivity index (χ0v) is 17.7. The summed E-state index contributed by atoms with van der Waals surface area (Å²) < 4.78 is 121. The summed E-state index contributed by atoms with van der Waals surface area (Å²) in [5.74, 6) is -4.68. The largest absolute Gasteiger partial charge is 0.375 e. The van der Waals surface area contributed by atoms with E-state index in [2.05, 4.69) is 4.98 Å². The Labute approximate surface area is 192 Å². The van der Waals surface area contributed by atoms with Gasteiger partial charge in [0.1, 0.15) is 16.7 Å². The van der Waals surface area contributed by atoms with Crippen LogP contribution in [0.25, 0.3) is 0 Å². The Morgan fingerprint density at radius 3 is 2.77 bits per heavy atom. The number of methoxy groups -OCH3 is 1. The van der Waals surface area contributed by atoms with E-state index < -0.39 is 69.4 Å². The molecule has 7 nitrogen and oxygen atoms in total. The second-order valence-electron chi connectivity index (χ2n) is 6.93. The summed E-state index contributed by atoms with van der Waals surface area (Å²) in [5.41, 5.74) is -1.62. The highest BCUT2D eigenvalue weighted by atomic mass is 35.5. The van der Waals surface area contributed by atoms with Gasteiger partial charge in [0.15, 0.2) is 10.7 Å². The molecule has 1 atom stereocenters. The molecule has 1 N–H and O–H groups in total. The second kappa shape index (κ2) is 8.81. The summed E-state index contributed by atoms with van der Waals surface area (Å²) in [6.07, 6.45) is 0.0680. The minimum absolute atomic E-state index is 0.0276. The summed E-state index contributed by atoms with van der Waals surface area (Å²) in [6, 6.07) is 3.83. The lowest BCUT2D eigenvalue weighted by Crippen LogP contribution is -2.44. The molecule has 0 radical (unpaired) electrons. The lowest BCUT2D eigenvalue weighted by Gasteiger charge is -2.31. The molecule has 1 aliphatic heterocycles. The fourth-order valence-corrected chi connectivity index (χ4v) is 4.86. The Kier molecular flexibility index (Phi) is 4.70. The number of rotatable bonds is 7. The van der Waals surface area contributed by atoms with E-state index in [1.807, 2.05) is 0 Å². The average Bonchev–Trinajstić information content (AvgIpc) is 3.17. The van der Waals surface area contributed by atoms with Gasteiger partial charge in [-0.25, -0.2) is 22.2 Å². The Balaban J connectivity index is 1.93. The van der Waals surface area contributed by atoms with Crippen LogP contribution in [0.3, 0.4) is 0 Å². The van der Waals surface area contributed by atoms with E-state index >= 15 is 4.39 Å². The smallest absolute Gasteiger partial charge is 0.268 e. The van der Waals surface area contributed by atoms with Crippen LogP contribution in [0.4, 0.5) is 24.7 Å². The van der Waals surface area contributed by atoms with Crippen LogP contribution in [0.1, 0.15) is 14.6 Å². The van der Waals surface area contributed by atoms with Gasteiger partial charge in [-0.2, -0.15) is 4.39 Å². The molecule has 2 aromatic rings. The van der Waals surface area contributed by atoms with Crippen molar-refractivity contribution in [1.29, 1.82) is 0 Å². The van der Waals surface area contributed by atoms with Crippen LogP contribution in [-0.2, 0) is 14.8 Å². The number of halogens is 4. The van der Waals surface area contributed by atoms with Crippen molar-refractivity contribution in [1.82, 2.24) is 9.88 Å². The highest BCUT2D eigenvalue weighted by molar-refractivity contribution is 7.92. The predicted molar refractivity (Wildman–Crippen MR) is 111 cm³/mol. The van der Waals surface area contributed by atoms with Crippen molar-refractivity contribution >= 4 is 33.1 Å². The summed E-state index contributed by atoms with van der Waals surface area (Å²) >= 11 is 6.09. The number of aromatic nitrogens is 1. The van der Waals surface area contributed by atoms with Gasteiger partial charge in [-0.05, 0) is 32.5 Å². The lowest BCUT2D eigenvalue weighted by atomic mass is 10.0. The highest BCUT2D eigenvalue weighted by Crippen LogP contribution is 2.38. The third kappa shape index (κ3) is 4.89. The minimum Gasteiger partial charge on any atom is -0.375 e. The molecule has 0 bridgehead atoms. The van der Waals surface area contributed by atoms with Crippen LogP contribution in [0.15, 0.2) is 29.2 Å². The molecule has 1 saturated heterocycles. The third-order valence-corrected chi connectivity index (χ3v) is 6.61. The summed E-state index contributed by atoms with van der Waals surface area (Å²) in [7, 11) is -3.68. The van der Waals surface area contributed by atoms with E-state index in [1.165, 1.54) is 12.0 Å². The Hall–Kier alpha value is -2.08. The van der Waals surface area contributed by atoms with Gasteiger partial charge in [-0.1, -0.05) is 17.7 Å². The van der Waals surface area contributed by atoms with Crippen LogP contribution in [0.2, 0.25) is 5.02 Å². The predicted octanol–water partition coefficient (Wildman–Crippen LogP) is 3.11. The normalized spacial score (nSPS) is 23.0. The number of nitrogens with one attached hydrogen (secondary N) is 1. The Morgan fingerprint density at radius 1 is 1.39 bits per heavy atom. The van der Waals surface area contributed by atoms with Gasteiger partial charge in [0, 0.05) is 41.0 Å². The van der Waals surface area contributed by atoms with Crippen LogP contribution >= 0.6 is 11.6 Å². The van der Waals surface area contributed by atoms with Crippen LogP contribution < -0.4 is 9.62 Å². The molecule has 2 heterocycles. The van der Waals surface area contributed by atoms with Gasteiger partial charge in [0.25, 0.3) is 10.0 Å². The maximum Gasteiger partial charge on any atom is 0.268 e. The van der Waals surface area contributed by atoms with Gasteiger partial charge in [0.2, 0.25) is 5.95 Å². The van der Waals surface area contributed by atoms with E-state index in [4.69, 9.17) is 24.6 Å². The standard InChI is InChI=1S/C19H22ClF3N4O3S/c1-26(2)10-19(30-3)7-8-27(11-19)13-9-12(21)18(17(23)16(13)20)31(28,29)25-15-6-4-5-14(22)24-15/h4-6,9H,7-8,10-11H2,1-3H3,(H,24,25)/i1D3,2D3. The molecule has 0 spiro atoms. The molecule has 1 fully saturated rings. The van der Waals surface area contributed by atoms with Gasteiger partial charge >= 0.3 is 0 Å². The zero-order chi connectivity index (χ0) is 28.0. The highest BCUT2D eigenvalue weighted by Gasteiger charge is 2.40. The second-order valence-corrected chi connectivity index (χ2v) is 8.93. The van der Waals surface area contributed by atoms with Gasteiger partial charge < -0.3 is 14.5 Å². The van der Waals surface area contributed by atoms with E-state index in [-0.39, 0.29) is 25.2 Å². The molecule has 0 amide bonds. The summed E-state index contributed by atoms with van der Waals surface area (Å²) in [5, 5.41) is -0.760. The van der Waals surface area contributed by atoms with Crippen molar-refractivity contribution in [3.8, 4) is 0 Å². The van der Waals surface area contributed by atoms with Crippen molar-refractivity contribution < 1.29 is 34.6 Å². The first-order valence-electron chi connectivity index (χ1n) is 11.8. The number of hydrogen-bond acceptors (Lipinski definition) is 6. The average molecular weight is 485 g/mol. The number of likely N-dealkylation sites (N-methyl/N-ethyl adjacent to an activating group) is 1. The maximum atomic E-state index is 15.2. The van der Waals surface area contributed by atoms with Crippen LogP contribution in [-0.4, -0.2) is 64.6 Å². The molecule has 0 saturated carbocycles. The zero-order valence-electron chi connectivity index (χ0n) is 22.1. The molecule has 1 aliphatic rings. The molecule has 12 heteroatoms. The van der Waals surface area contributed by atoms with Gasteiger partial charge in [0.05, 0.1) is 11.3 Å². The third-order valence-electron chi connectivity index (χ3n) is 4.86. The first kappa shape index (κ1) is 16.5. The minimum atomic E-state index is -4.92. The Bertz CT molecular complexity index is 1270. The first-order valence-corrected chi connectivity index (χ1v) is 10.7. The van der Waals surface area contributed by atoms with E-state index in [1.54, 1.807) is 4.72 Å². The number of nitrogens with zero attached hydrogens (tertiary/aromatic N) is 3. The van der Waals surface area contributed by atoms with Crippen molar-refractivity contribution in [3.63, 3.8) is 0 Å². The summed E-state index contributed by atoms with van der Waals surface area (Å²) in [4.78, 5) is 3.52. The molecular formula is C19H22ClF3N4O3S. The summed E-state index contributed by atoms with van der Waals surface area (Å²) in [6.45, 7) is -6.71. The van der Waals surface area contributed by atoms with Gasteiger partial charge in [-0.15, -0.1) is 0 Å². The van der Waals surface area contributed by atoms with Crippen LogP contribution in [0, 0.1) is 17.6 Å². The topological polar surface area (TPSA) is 74.8 Å². The molecule has 3 rings (SSSR count). The Morgan fingerprint density at radius 2 is 2.13 bits per heavy atom. The van der Waals surface area contributed by atoms with Crippen molar-refractivity contribution in [2.75, 3.05) is 50.3 Å². The molecule has 31 heavy (non-hydrogen) atoms.